The minimum absolute atomic E-state index is 0.109. The highest BCUT2D eigenvalue weighted by atomic mass is 19.1. The number of para-hydroxylation sites is 1. The van der Waals surface area contributed by atoms with Crippen LogP contribution in [0.2, 0.25) is 0 Å². The zero-order valence-corrected chi connectivity index (χ0v) is 13.8. The molecule has 1 aromatic heterocycles. The molecule has 3 rings (SSSR count). The van der Waals surface area contributed by atoms with Gasteiger partial charge in [-0.1, -0.05) is 24.1 Å². The first-order valence-electron chi connectivity index (χ1n) is 7.59. The van der Waals surface area contributed by atoms with Gasteiger partial charge < -0.3 is 4.90 Å². The number of halogens is 1. The lowest BCUT2D eigenvalue weighted by Gasteiger charge is -2.21. The Bertz CT molecular complexity index is 1070. The minimum Gasteiger partial charge on any atom is -0.329 e. The second-order valence-electron chi connectivity index (χ2n) is 5.38. The predicted octanol–water partition coefficient (Wildman–Crippen LogP) is 3.25. The lowest BCUT2D eigenvalue weighted by atomic mass is 10.1. The van der Waals surface area contributed by atoms with Crippen LogP contribution in [0.3, 0.4) is 0 Å². The second-order valence-corrected chi connectivity index (χ2v) is 5.38. The van der Waals surface area contributed by atoms with Crippen molar-refractivity contribution in [2.24, 2.45) is 0 Å². The topological polar surface area (TPSA) is 68.8 Å². The molecule has 0 aliphatic heterocycles. The average Bonchev–Trinajstić information content (AvgIpc) is 2.62. The zero-order chi connectivity index (χ0) is 18.0. The first-order chi connectivity index (χ1) is 12.1. The molecule has 124 valence electrons. The molecule has 0 fully saturated rings. The molecular weight excluding hydrogens is 317 g/mol. The van der Waals surface area contributed by atoms with E-state index in [1.54, 1.807) is 17.9 Å². The van der Waals surface area contributed by atoms with E-state index in [0.29, 0.717) is 16.7 Å². The van der Waals surface area contributed by atoms with Gasteiger partial charge in [0.25, 0.3) is 0 Å². The molecule has 2 aromatic carbocycles. The Morgan fingerprint density at radius 1 is 1.24 bits per heavy atom. The highest BCUT2D eigenvalue weighted by Gasteiger charge is 2.15. The number of nitrogens with zero attached hydrogens (tertiary/aromatic N) is 3. The van der Waals surface area contributed by atoms with Gasteiger partial charge in [-0.2, -0.15) is 4.98 Å². The summed E-state index contributed by atoms with van der Waals surface area (Å²) < 4.78 is 15.7. The van der Waals surface area contributed by atoms with Gasteiger partial charge in [0.05, 0.1) is 17.4 Å². The monoisotopic (exact) mass is 333 g/mol. The number of hydrogen-bond acceptors (Lipinski definition) is 4. The third-order valence-electron chi connectivity index (χ3n) is 3.88. The van der Waals surface area contributed by atoms with Crippen LogP contribution in [0.1, 0.15) is 12.5 Å². The number of benzene rings is 2. The van der Waals surface area contributed by atoms with Crippen LogP contribution in [0.25, 0.3) is 10.9 Å². The quantitative estimate of drug-likeness (QED) is 0.439. The van der Waals surface area contributed by atoms with Crippen LogP contribution in [-0.4, -0.2) is 22.9 Å². The Morgan fingerprint density at radius 2 is 1.96 bits per heavy atom. The van der Waals surface area contributed by atoms with Crippen LogP contribution in [0.15, 0.2) is 42.5 Å². The smallest absolute Gasteiger partial charge is 0.229 e. The minimum atomic E-state index is -0.458. The molecule has 0 unspecified atom stereocenters. The Hall–Kier alpha value is -3.46. The van der Waals surface area contributed by atoms with E-state index in [0.717, 1.165) is 12.0 Å². The lowest BCUT2D eigenvalue weighted by molar-refractivity contribution is 0.626. The zero-order valence-electron chi connectivity index (χ0n) is 13.8. The van der Waals surface area contributed by atoms with Crippen LogP contribution in [0.4, 0.5) is 15.9 Å². The fourth-order valence-corrected chi connectivity index (χ4v) is 2.66. The van der Waals surface area contributed by atoms with E-state index in [2.05, 4.69) is 16.8 Å². The maximum Gasteiger partial charge on any atom is 0.229 e. The predicted molar refractivity (Wildman–Crippen MR) is 96.8 cm³/mol. The molecule has 3 aromatic rings. The van der Waals surface area contributed by atoms with Gasteiger partial charge in [0.2, 0.25) is 5.62 Å². The molecule has 0 spiro atoms. The molecule has 0 atom stereocenters. The number of anilines is 2. The largest absolute Gasteiger partial charge is 0.329 e. The fourth-order valence-electron chi connectivity index (χ4n) is 2.66. The maximum absolute atomic E-state index is 14.4. The SMILES string of the molecule is CC#Cc1cc2c(cc1F)c(N(C)c1ccccc1)nc(=N)n2C=N. The highest BCUT2D eigenvalue weighted by molar-refractivity contribution is 5.95. The Kier molecular flexibility index (Phi) is 4.31. The number of fused-ring (bicyclic) bond motifs is 1. The normalized spacial score (nSPS) is 10.2. The van der Waals surface area contributed by atoms with Gasteiger partial charge in [-0.05, 0) is 31.2 Å². The molecule has 0 saturated carbocycles. The summed E-state index contributed by atoms with van der Waals surface area (Å²) in [6.45, 7) is 1.63. The van der Waals surface area contributed by atoms with Gasteiger partial charge in [-0.25, -0.2) is 4.39 Å². The van der Waals surface area contributed by atoms with Crippen LogP contribution in [0, 0.1) is 28.5 Å². The summed E-state index contributed by atoms with van der Waals surface area (Å²) in [7, 11) is 1.81. The lowest BCUT2D eigenvalue weighted by Crippen LogP contribution is -2.26. The van der Waals surface area contributed by atoms with E-state index >= 15 is 0 Å². The van der Waals surface area contributed by atoms with Crippen molar-refractivity contribution >= 4 is 28.7 Å². The summed E-state index contributed by atoms with van der Waals surface area (Å²) in [6, 6.07) is 12.4. The van der Waals surface area contributed by atoms with E-state index in [4.69, 9.17) is 10.8 Å². The number of hydrogen-bond donors (Lipinski definition) is 2. The molecule has 1 heterocycles. The third-order valence-corrected chi connectivity index (χ3v) is 3.88. The van der Waals surface area contributed by atoms with E-state index in [-0.39, 0.29) is 11.2 Å². The first-order valence-corrected chi connectivity index (χ1v) is 7.59. The molecule has 0 saturated heterocycles. The van der Waals surface area contributed by atoms with Gasteiger partial charge in [0.15, 0.2) is 0 Å². The molecule has 25 heavy (non-hydrogen) atoms. The van der Waals surface area contributed by atoms with Crippen molar-refractivity contribution in [1.82, 2.24) is 9.55 Å². The molecule has 6 heteroatoms. The summed E-state index contributed by atoms with van der Waals surface area (Å²) in [5.41, 5.74) is 1.49. The maximum atomic E-state index is 14.4. The van der Waals surface area contributed by atoms with Crippen LogP contribution >= 0.6 is 0 Å². The molecule has 0 bridgehead atoms. The van der Waals surface area contributed by atoms with Crippen LogP contribution < -0.4 is 10.5 Å². The summed E-state index contributed by atoms with van der Waals surface area (Å²) >= 11 is 0. The Morgan fingerprint density at radius 3 is 2.60 bits per heavy atom. The van der Waals surface area contributed by atoms with Crippen molar-refractivity contribution in [3.05, 3.63) is 59.5 Å². The molecule has 0 aliphatic rings. The number of aromatic nitrogens is 2. The van der Waals surface area contributed by atoms with Crippen molar-refractivity contribution in [2.45, 2.75) is 6.92 Å². The van der Waals surface area contributed by atoms with Crippen LogP contribution in [0.5, 0.6) is 0 Å². The molecule has 5 nitrogen and oxygen atoms in total. The number of nitrogens with one attached hydrogen (secondary N) is 2. The Balaban J connectivity index is 2.36. The summed E-state index contributed by atoms with van der Waals surface area (Å²) in [5.74, 6) is 5.37. The third kappa shape index (κ3) is 2.88. The molecule has 0 aliphatic carbocycles. The van der Waals surface area contributed by atoms with Gasteiger partial charge >= 0.3 is 0 Å². The first kappa shape index (κ1) is 16.4. The standard InChI is InChI=1S/C19H16FN5/c1-3-7-13-10-17-15(11-16(13)20)18(23-19(22)25(17)12-21)24(2)14-8-5-4-6-9-14/h4-6,8-12,21-22H,1-2H3. The fraction of sp³-hybridized carbons (Fsp3) is 0.105. The van der Waals surface area contributed by atoms with Crippen LogP contribution in [-0.2, 0) is 0 Å². The summed E-state index contributed by atoms with van der Waals surface area (Å²) in [4.78, 5) is 6.06. The van der Waals surface area contributed by atoms with E-state index in [1.807, 2.05) is 37.4 Å². The van der Waals surface area contributed by atoms with E-state index in [9.17, 15) is 4.39 Å². The van der Waals surface area contributed by atoms with Gasteiger partial charge in [-0.3, -0.25) is 15.4 Å². The Labute approximate surface area is 144 Å². The summed E-state index contributed by atoms with van der Waals surface area (Å²) in [5, 5.41) is 16.2. The van der Waals surface area contributed by atoms with Crippen molar-refractivity contribution in [1.29, 1.82) is 10.8 Å². The molecule has 2 N–H and O–H groups in total. The number of rotatable bonds is 3. The van der Waals surface area contributed by atoms with Crippen molar-refractivity contribution < 1.29 is 4.39 Å². The second kappa shape index (κ2) is 6.57. The molecular formula is C19H16FN5. The van der Waals surface area contributed by atoms with Crippen molar-refractivity contribution in [2.75, 3.05) is 11.9 Å². The van der Waals surface area contributed by atoms with Gasteiger partial charge in [-0.15, -0.1) is 5.92 Å². The van der Waals surface area contributed by atoms with Crippen molar-refractivity contribution in [3.8, 4) is 11.8 Å². The van der Waals surface area contributed by atoms with Crippen molar-refractivity contribution in [3.63, 3.8) is 0 Å². The highest BCUT2D eigenvalue weighted by Crippen LogP contribution is 2.29. The van der Waals surface area contributed by atoms with Gasteiger partial charge in [0, 0.05) is 18.1 Å². The van der Waals surface area contributed by atoms with E-state index < -0.39 is 5.82 Å². The van der Waals surface area contributed by atoms with Gasteiger partial charge in [0.1, 0.15) is 11.6 Å². The molecule has 0 amide bonds. The molecule has 0 radical (unpaired) electrons. The van der Waals surface area contributed by atoms with E-state index in [1.165, 1.54) is 10.6 Å². The average molecular weight is 333 g/mol. The summed E-state index contributed by atoms with van der Waals surface area (Å²) in [6.07, 6.45) is 0.991.